The summed E-state index contributed by atoms with van der Waals surface area (Å²) in [6.45, 7) is 6.31. The van der Waals surface area contributed by atoms with Gasteiger partial charge in [-0.05, 0) is 36.0 Å². The van der Waals surface area contributed by atoms with Gasteiger partial charge in [0.15, 0.2) is 0 Å². The Morgan fingerprint density at radius 3 is 2.23 bits per heavy atom. The molecule has 0 nitrogen and oxygen atoms in total. The zero-order valence-electron chi connectivity index (χ0n) is 8.56. The highest BCUT2D eigenvalue weighted by Crippen LogP contribution is 2.63. The summed E-state index contributed by atoms with van der Waals surface area (Å²) in [4.78, 5) is 0. The number of hydrogen-bond donors (Lipinski definition) is 0. The molecule has 0 heterocycles. The number of halogens is 2. The Morgan fingerprint density at radius 1 is 1.23 bits per heavy atom. The van der Waals surface area contributed by atoms with Crippen LogP contribution in [0.2, 0.25) is 0 Å². The Balaban J connectivity index is 2.18. The van der Waals surface area contributed by atoms with Crippen LogP contribution >= 0.6 is 0 Å². The SMILES string of the molecule is C[C@@H]1C[C@@H]2C[C@H]([C@H]1C(F)F)C2(C)C. The van der Waals surface area contributed by atoms with Gasteiger partial charge in [-0.2, -0.15) is 0 Å². The third-order valence-corrected chi connectivity index (χ3v) is 4.62. The standard InChI is InChI=1S/C11H18F2/c1-6-4-7-5-8(11(7,2)3)9(6)10(12)13/h6-10H,4-5H2,1-3H3/t6-,7-,8-,9+/m1/s1. The molecule has 0 spiro atoms. The molecule has 3 aliphatic rings. The maximum Gasteiger partial charge on any atom is 0.241 e. The number of hydrogen-bond acceptors (Lipinski definition) is 0. The fourth-order valence-electron chi connectivity index (χ4n) is 3.54. The zero-order chi connectivity index (χ0) is 9.80. The average Bonchev–Trinajstić information content (AvgIpc) is 2.03. The Hall–Kier alpha value is -0.140. The highest BCUT2D eigenvalue weighted by Gasteiger charge is 2.58. The van der Waals surface area contributed by atoms with Gasteiger partial charge < -0.3 is 0 Å². The van der Waals surface area contributed by atoms with Gasteiger partial charge in [-0.3, -0.25) is 0 Å². The van der Waals surface area contributed by atoms with Crippen LogP contribution in [0.4, 0.5) is 8.78 Å². The van der Waals surface area contributed by atoms with Crippen molar-refractivity contribution in [3.05, 3.63) is 0 Å². The van der Waals surface area contributed by atoms with Crippen LogP contribution < -0.4 is 0 Å². The molecular formula is C11H18F2. The largest absolute Gasteiger partial charge is 0.241 e. The predicted octanol–water partition coefficient (Wildman–Crippen LogP) is 3.57. The van der Waals surface area contributed by atoms with Crippen LogP contribution in [0.15, 0.2) is 0 Å². The maximum atomic E-state index is 12.8. The van der Waals surface area contributed by atoms with Crippen LogP contribution in [-0.4, -0.2) is 6.43 Å². The topological polar surface area (TPSA) is 0 Å². The molecule has 0 aromatic carbocycles. The van der Waals surface area contributed by atoms with E-state index in [2.05, 4.69) is 13.8 Å². The molecule has 13 heavy (non-hydrogen) atoms. The van der Waals surface area contributed by atoms with Crippen LogP contribution in [0.3, 0.4) is 0 Å². The first-order valence-electron chi connectivity index (χ1n) is 5.22. The first-order chi connectivity index (χ1) is 5.94. The van der Waals surface area contributed by atoms with E-state index in [1.165, 1.54) is 0 Å². The summed E-state index contributed by atoms with van der Waals surface area (Å²) in [6, 6.07) is 0. The molecule has 3 saturated carbocycles. The third-order valence-electron chi connectivity index (χ3n) is 4.62. The van der Waals surface area contributed by atoms with E-state index in [-0.39, 0.29) is 23.2 Å². The van der Waals surface area contributed by atoms with E-state index in [1.54, 1.807) is 0 Å². The van der Waals surface area contributed by atoms with Crippen molar-refractivity contribution >= 4 is 0 Å². The van der Waals surface area contributed by atoms with Crippen LogP contribution in [-0.2, 0) is 0 Å². The average molecular weight is 188 g/mol. The Labute approximate surface area is 78.7 Å². The second-order valence-corrected chi connectivity index (χ2v) is 5.49. The smallest absolute Gasteiger partial charge is 0.210 e. The monoisotopic (exact) mass is 188 g/mol. The van der Waals surface area contributed by atoms with E-state index in [0.29, 0.717) is 5.92 Å². The van der Waals surface area contributed by atoms with Crippen LogP contribution in [0.5, 0.6) is 0 Å². The van der Waals surface area contributed by atoms with Crippen molar-refractivity contribution in [2.24, 2.45) is 29.1 Å². The van der Waals surface area contributed by atoms with Crippen molar-refractivity contribution in [2.75, 3.05) is 0 Å². The molecule has 3 rings (SSSR count). The molecule has 0 N–H and O–H groups in total. The van der Waals surface area contributed by atoms with E-state index in [9.17, 15) is 8.78 Å². The highest BCUT2D eigenvalue weighted by molar-refractivity contribution is 5.05. The highest BCUT2D eigenvalue weighted by atomic mass is 19.3. The molecule has 3 aliphatic carbocycles. The molecule has 0 radical (unpaired) electrons. The van der Waals surface area contributed by atoms with E-state index in [4.69, 9.17) is 0 Å². The van der Waals surface area contributed by atoms with Gasteiger partial charge >= 0.3 is 0 Å². The molecule has 0 amide bonds. The predicted molar refractivity (Wildman–Crippen MR) is 48.7 cm³/mol. The molecule has 4 atom stereocenters. The Kier molecular flexibility index (Phi) is 1.94. The van der Waals surface area contributed by atoms with Crippen LogP contribution in [0.1, 0.15) is 33.6 Å². The quantitative estimate of drug-likeness (QED) is 0.590. The van der Waals surface area contributed by atoms with Gasteiger partial charge in [-0.25, -0.2) is 8.78 Å². The molecule has 0 aromatic heterocycles. The van der Waals surface area contributed by atoms with Gasteiger partial charge in [0.25, 0.3) is 0 Å². The van der Waals surface area contributed by atoms with E-state index in [1.807, 2.05) is 6.92 Å². The van der Waals surface area contributed by atoms with Gasteiger partial charge in [0, 0.05) is 5.92 Å². The molecule has 3 fully saturated rings. The molecular weight excluding hydrogens is 170 g/mol. The van der Waals surface area contributed by atoms with Gasteiger partial charge in [-0.1, -0.05) is 20.8 Å². The third kappa shape index (κ3) is 1.14. The lowest BCUT2D eigenvalue weighted by Gasteiger charge is -2.62. The molecule has 0 aromatic rings. The Morgan fingerprint density at radius 2 is 1.85 bits per heavy atom. The molecule has 0 saturated heterocycles. The molecule has 0 aliphatic heterocycles. The first-order valence-corrected chi connectivity index (χ1v) is 5.22. The van der Waals surface area contributed by atoms with Crippen molar-refractivity contribution < 1.29 is 8.78 Å². The lowest BCUT2D eigenvalue weighted by Crippen LogP contribution is -2.56. The normalized spacial score (nSPS) is 47.5. The van der Waals surface area contributed by atoms with E-state index in [0.717, 1.165) is 12.8 Å². The van der Waals surface area contributed by atoms with Gasteiger partial charge in [0.1, 0.15) is 0 Å². The molecule has 76 valence electrons. The second kappa shape index (κ2) is 2.68. The summed E-state index contributed by atoms with van der Waals surface area (Å²) in [7, 11) is 0. The number of rotatable bonds is 1. The second-order valence-electron chi connectivity index (χ2n) is 5.49. The maximum absolute atomic E-state index is 12.8. The molecule has 0 unspecified atom stereocenters. The van der Waals surface area contributed by atoms with Crippen molar-refractivity contribution in [1.82, 2.24) is 0 Å². The van der Waals surface area contributed by atoms with Gasteiger partial charge in [-0.15, -0.1) is 0 Å². The fraction of sp³-hybridized carbons (Fsp3) is 1.00. The minimum atomic E-state index is -2.11. The summed E-state index contributed by atoms with van der Waals surface area (Å²) >= 11 is 0. The lowest BCUT2D eigenvalue weighted by molar-refractivity contribution is -0.170. The van der Waals surface area contributed by atoms with Crippen molar-refractivity contribution in [1.29, 1.82) is 0 Å². The number of alkyl halides is 2. The molecule has 2 bridgehead atoms. The van der Waals surface area contributed by atoms with Crippen molar-refractivity contribution in [2.45, 2.75) is 40.0 Å². The van der Waals surface area contributed by atoms with Gasteiger partial charge in [0.05, 0.1) is 0 Å². The van der Waals surface area contributed by atoms with Crippen LogP contribution in [0, 0.1) is 29.1 Å². The van der Waals surface area contributed by atoms with Crippen molar-refractivity contribution in [3.63, 3.8) is 0 Å². The van der Waals surface area contributed by atoms with Crippen LogP contribution in [0.25, 0.3) is 0 Å². The van der Waals surface area contributed by atoms with Gasteiger partial charge in [0.2, 0.25) is 6.43 Å². The summed E-state index contributed by atoms with van der Waals surface area (Å²) < 4.78 is 25.6. The van der Waals surface area contributed by atoms with E-state index < -0.39 is 6.43 Å². The minimum Gasteiger partial charge on any atom is -0.210 e. The Bertz CT molecular complexity index is 210. The number of fused-ring (bicyclic) bond motifs is 2. The lowest BCUT2D eigenvalue weighted by atomic mass is 9.43. The fourth-order valence-corrected chi connectivity index (χ4v) is 3.54. The summed E-state index contributed by atoms with van der Waals surface area (Å²) in [5.41, 5.74) is 0.188. The van der Waals surface area contributed by atoms with Crippen molar-refractivity contribution in [3.8, 4) is 0 Å². The first kappa shape index (κ1) is 9.42. The summed E-state index contributed by atoms with van der Waals surface area (Å²) in [5.74, 6) is 0.889. The zero-order valence-corrected chi connectivity index (χ0v) is 8.56. The molecule has 2 heteroatoms. The summed E-state index contributed by atoms with van der Waals surface area (Å²) in [5, 5.41) is 0. The minimum absolute atomic E-state index is 0.188. The van der Waals surface area contributed by atoms with E-state index >= 15 is 0 Å². The summed E-state index contributed by atoms with van der Waals surface area (Å²) in [6.07, 6.45) is -0.0503.